The van der Waals surface area contributed by atoms with Crippen LogP contribution in [0, 0.1) is 13.8 Å². The molecule has 3 aromatic rings. The molecule has 1 aliphatic rings. The summed E-state index contributed by atoms with van der Waals surface area (Å²) in [4.78, 5) is 12.2. The number of nitrogens with zero attached hydrogens (tertiary/aromatic N) is 1. The lowest BCUT2D eigenvalue weighted by Gasteiger charge is -2.11. The molecule has 0 aliphatic carbocycles. The number of aryl methyl sites for hydroxylation is 2. The van der Waals surface area contributed by atoms with Gasteiger partial charge in [-0.1, -0.05) is 11.2 Å². The maximum absolute atomic E-state index is 12.2. The topological polar surface area (TPSA) is 89.3 Å². The van der Waals surface area contributed by atoms with Crippen LogP contribution in [-0.4, -0.2) is 25.0 Å². The fourth-order valence-corrected chi connectivity index (χ4v) is 3.02. The van der Waals surface area contributed by atoms with Crippen LogP contribution in [0.4, 0.5) is 0 Å². The van der Waals surface area contributed by atoms with Crippen molar-refractivity contribution in [1.82, 2.24) is 5.16 Å². The predicted molar refractivity (Wildman–Crippen MR) is 111 cm³/mol. The van der Waals surface area contributed by atoms with Crippen molar-refractivity contribution in [2.24, 2.45) is 0 Å². The molecule has 0 N–H and O–H groups in total. The van der Waals surface area contributed by atoms with Crippen molar-refractivity contribution < 1.29 is 33.0 Å². The van der Waals surface area contributed by atoms with Crippen molar-refractivity contribution in [3.05, 3.63) is 65.1 Å². The van der Waals surface area contributed by atoms with Crippen molar-refractivity contribution in [2.45, 2.75) is 20.5 Å². The van der Waals surface area contributed by atoms with Gasteiger partial charge in [-0.2, -0.15) is 0 Å². The van der Waals surface area contributed by atoms with E-state index in [4.69, 9.17) is 28.2 Å². The zero-order valence-electron chi connectivity index (χ0n) is 17.3. The van der Waals surface area contributed by atoms with E-state index in [-0.39, 0.29) is 6.79 Å². The number of carbonyl (C=O) groups excluding carboxylic acids is 1. The summed E-state index contributed by atoms with van der Waals surface area (Å²) in [6, 6.07) is 10.3. The van der Waals surface area contributed by atoms with Crippen molar-refractivity contribution in [3.8, 4) is 28.7 Å². The first-order chi connectivity index (χ1) is 15.0. The SMILES string of the molecule is COc1cc(/C=C/C(=O)Oc2ccc3c(c2)OCO3)ccc1OCc1c(C)noc1C. The van der Waals surface area contributed by atoms with E-state index in [1.807, 2.05) is 19.9 Å². The molecule has 8 nitrogen and oxygen atoms in total. The van der Waals surface area contributed by atoms with Gasteiger partial charge in [0.15, 0.2) is 23.0 Å². The molecule has 0 atom stereocenters. The fraction of sp³-hybridized carbons (Fsp3) is 0.217. The number of hydrogen-bond donors (Lipinski definition) is 0. The first-order valence-electron chi connectivity index (χ1n) is 9.55. The Morgan fingerprint density at radius 3 is 2.71 bits per heavy atom. The van der Waals surface area contributed by atoms with Gasteiger partial charge < -0.3 is 28.2 Å². The van der Waals surface area contributed by atoms with Crippen LogP contribution in [0.15, 0.2) is 47.0 Å². The second-order valence-electron chi connectivity index (χ2n) is 6.77. The Balaban J connectivity index is 1.40. The van der Waals surface area contributed by atoms with Crippen LogP contribution in [0.5, 0.6) is 28.7 Å². The first kappa shape index (κ1) is 20.3. The van der Waals surface area contributed by atoms with Crippen LogP contribution in [0.2, 0.25) is 0 Å². The highest BCUT2D eigenvalue weighted by molar-refractivity contribution is 5.89. The number of ether oxygens (including phenoxy) is 5. The Bertz CT molecular complexity index is 1110. The zero-order chi connectivity index (χ0) is 21.8. The molecule has 0 amide bonds. The van der Waals surface area contributed by atoms with Crippen molar-refractivity contribution >= 4 is 12.0 Å². The van der Waals surface area contributed by atoms with E-state index in [0.717, 1.165) is 22.6 Å². The summed E-state index contributed by atoms with van der Waals surface area (Å²) < 4.78 is 32.3. The highest BCUT2D eigenvalue weighted by Gasteiger charge is 2.15. The molecule has 0 fully saturated rings. The molecule has 0 saturated heterocycles. The lowest BCUT2D eigenvalue weighted by molar-refractivity contribution is -0.128. The number of benzene rings is 2. The minimum Gasteiger partial charge on any atom is -0.493 e. The monoisotopic (exact) mass is 423 g/mol. The predicted octanol–water partition coefficient (Wildman–Crippen LogP) is 4.23. The molecule has 1 aromatic heterocycles. The Morgan fingerprint density at radius 1 is 1.10 bits per heavy atom. The zero-order valence-corrected chi connectivity index (χ0v) is 17.3. The normalized spacial score (nSPS) is 12.2. The molecule has 0 unspecified atom stereocenters. The number of carbonyl (C=O) groups is 1. The van der Waals surface area contributed by atoms with Crippen molar-refractivity contribution in [1.29, 1.82) is 0 Å². The van der Waals surface area contributed by atoms with Gasteiger partial charge >= 0.3 is 5.97 Å². The number of hydrogen-bond acceptors (Lipinski definition) is 8. The Kier molecular flexibility index (Phi) is 5.79. The van der Waals surface area contributed by atoms with E-state index >= 15 is 0 Å². The van der Waals surface area contributed by atoms with Crippen LogP contribution in [0.25, 0.3) is 6.08 Å². The van der Waals surface area contributed by atoms with Gasteiger partial charge in [0.1, 0.15) is 18.1 Å². The second kappa shape index (κ2) is 8.83. The number of aromatic nitrogens is 1. The minimum atomic E-state index is -0.517. The van der Waals surface area contributed by atoms with Gasteiger partial charge in [0.2, 0.25) is 6.79 Å². The average molecular weight is 423 g/mol. The van der Waals surface area contributed by atoms with Crippen LogP contribution >= 0.6 is 0 Å². The third-order valence-corrected chi connectivity index (χ3v) is 4.72. The van der Waals surface area contributed by atoms with E-state index < -0.39 is 5.97 Å². The van der Waals surface area contributed by atoms with Gasteiger partial charge in [0, 0.05) is 12.1 Å². The fourth-order valence-electron chi connectivity index (χ4n) is 3.02. The molecule has 4 rings (SSSR count). The molecule has 8 heteroatoms. The van der Waals surface area contributed by atoms with Crippen LogP contribution in [0.3, 0.4) is 0 Å². The van der Waals surface area contributed by atoms with Crippen molar-refractivity contribution in [3.63, 3.8) is 0 Å². The summed E-state index contributed by atoms with van der Waals surface area (Å²) in [6.07, 6.45) is 2.97. The highest BCUT2D eigenvalue weighted by atomic mass is 16.7. The average Bonchev–Trinajstić information content (AvgIpc) is 3.36. The largest absolute Gasteiger partial charge is 0.493 e. The smallest absolute Gasteiger partial charge is 0.336 e. The molecule has 0 spiro atoms. The van der Waals surface area contributed by atoms with E-state index in [1.54, 1.807) is 43.5 Å². The quantitative estimate of drug-likeness (QED) is 0.317. The summed E-state index contributed by atoms with van der Waals surface area (Å²) in [5, 5.41) is 3.92. The van der Waals surface area contributed by atoms with Gasteiger partial charge in [0.25, 0.3) is 0 Å². The Morgan fingerprint density at radius 2 is 1.94 bits per heavy atom. The Hall–Kier alpha value is -3.94. The molecule has 2 aromatic carbocycles. The molecule has 0 bridgehead atoms. The first-order valence-corrected chi connectivity index (χ1v) is 9.55. The number of methoxy groups -OCH3 is 1. The van der Waals surface area contributed by atoms with E-state index in [1.165, 1.54) is 6.08 Å². The molecule has 2 heterocycles. The molecule has 0 radical (unpaired) electrons. The summed E-state index contributed by atoms with van der Waals surface area (Å²) >= 11 is 0. The van der Waals surface area contributed by atoms with Gasteiger partial charge in [-0.15, -0.1) is 0 Å². The summed E-state index contributed by atoms with van der Waals surface area (Å²) in [6.45, 7) is 4.18. The molecule has 0 saturated carbocycles. The van der Waals surface area contributed by atoms with E-state index in [2.05, 4.69) is 5.16 Å². The van der Waals surface area contributed by atoms with Crippen LogP contribution in [0.1, 0.15) is 22.6 Å². The van der Waals surface area contributed by atoms with Crippen LogP contribution < -0.4 is 23.7 Å². The van der Waals surface area contributed by atoms with Crippen molar-refractivity contribution in [2.75, 3.05) is 13.9 Å². The third-order valence-electron chi connectivity index (χ3n) is 4.72. The lowest BCUT2D eigenvalue weighted by Crippen LogP contribution is -2.03. The Labute approximate surface area is 178 Å². The highest BCUT2D eigenvalue weighted by Crippen LogP contribution is 2.35. The van der Waals surface area contributed by atoms with Gasteiger partial charge in [-0.3, -0.25) is 0 Å². The standard InChI is InChI=1S/C23H21NO7/c1-14-18(15(2)31-24-14)12-27-19-7-4-16(10-21(19)26-3)5-9-23(25)30-17-6-8-20-22(11-17)29-13-28-20/h4-11H,12-13H2,1-3H3/b9-5+. The van der Waals surface area contributed by atoms with E-state index in [0.29, 0.717) is 35.4 Å². The molecular weight excluding hydrogens is 402 g/mol. The molecule has 160 valence electrons. The number of fused-ring (bicyclic) bond motifs is 1. The minimum absolute atomic E-state index is 0.159. The summed E-state index contributed by atoms with van der Waals surface area (Å²) in [5.41, 5.74) is 2.44. The third kappa shape index (κ3) is 4.63. The lowest BCUT2D eigenvalue weighted by atomic mass is 10.2. The number of esters is 1. The van der Waals surface area contributed by atoms with Gasteiger partial charge in [0.05, 0.1) is 18.4 Å². The maximum atomic E-state index is 12.2. The van der Waals surface area contributed by atoms with Gasteiger partial charge in [-0.05, 0) is 49.8 Å². The van der Waals surface area contributed by atoms with Gasteiger partial charge in [-0.25, -0.2) is 4.79 Å². The summed E-state index contributed by atoms with van der Waals surface area (Å²) in [7, 11) is 1.56. The maximum Gasteiger partial charge on any atom is 0.336 e. The molecule has 1 aliphatic heterocycles. The van der Waals surface area contributed by atoms with Crippen LogP contribution in [-0.2, 0) is 11.4 Å². The molecule has 31 heavy (non-hydrogen) atoms. The van der Waals surface area contributed by atoms with E-state index in [9.17, 15) is 4.79 Å². The number of rotatable bonds is 7. The second-order valence-corrected chi connectivity index (χ2v) is 6.77. The molecular formula is C23H21NO7. The summed E-state index contributed by atoms with van der Waals surface area (Å²) in [5.74, 6) is 2.86.